The summed E-state index contributed by atoms with van der Waals surface area (Å²) in [6, 6.07) is 1.30. The molecule has 0 amide bonds. The largest absolute Gasteiger partial charge is 0.267 e. The fourth-order valence-electron chi connectivity index (χ4n) is 1.03. The molecule has 0 aliphatic rings. The van der Waals surface area contributed by atoms with Gasteiger partial charge in [0.15, 0.2) is 5.03 Å². The molecule has 1 aromatic heterocycles. The van der Waals surface area contributed by atoms with Crippen LogP contribution in [0.4, 0.5) is 8.78 Å². The zero-order valence-corrected chi connectivity index (χ0v) is 9.94. The van der Waals surface area contributed by atoms with E-state index in [1.165, 1.54) is 13.0 Å². The van der Waals surface area contributed by atoms with Crippen LogP contribution in [0.15, 0.2) is 15.6 Å². The highest BCUT2D eigenvalue weighted by molar-refractivity contribution is 9.10. The number of hydrogen-bond donors (Lipinski definition) is 1. The molecule has 1 aromatic rings. The summed E-state index contributed by atoms with van der Waals surface area (Å²) in [5.41, 5.74) is -0.418. The molecule has 1 rings (SSSR count). The quantitative estimate of drug-likeness (QED) is 0.904. The number of halogens is 3. The normalized spacial score (nSPS) is 12.1. The lowest BCUT2D eigenvalue weighted by molar-refractivity contribution is 0.146. The number of primary sulfonamides is 1. The Hall–Kier alpha value is -0.600. The molecule has 0 bridgehead atoms. The average molecular weight is 301 g/mol. The van der Waals surface area contributed by atoms with Gasteiger partial charge in [-0.3, -0.25) is 0 Å². The van der Waals surface area contributed by atoms with E-state index in [9.17, 15) is 17.2 Å². The second-order valence-corrected chi connectivity index (χ2v) is 5.14. The summed E-state index contributed by atoms with van der Waals surface area (Å²) in [5.74, 6) is 0. The minimum atomic E-state index is -4.24. The Labute approximate surface area is 93.7 Å². The lowest BCUT2D eigenvalue weighted by atomic mass is 10.2. The van der Waals surface area contributed by atoms with Gasteiger partial charge < -0.3 is 0 Å². The molecule has 0 spiro atoms. The Balaban J connectivity index is 3.62. The highest BCUT2D eigenvalue weighted by Gasteiger charge is 2.25. The van der Waals surface area contributed by atoms with E-state index < -0.39 is 27.0 Å². The predicted molar refractivity (Wildman–Crippen MR) is 53.0 cm³/mol. The molecule has 4 nitrogen and oxygen atoms in total. The van der Waals surface area contributed by atoms with Crippen molar-refractivity contribution in [3.8, 4) is 0 Å². The Morgan fingerprint density at radius 2 is 2.07 bits per heavy atom. The highest BCUT2D eigenvalue weighted by atomic mass is 79.9. The Morgan fingerprint density at radius 3 is 2.47 bits per heavy atom. The van der Waals surface area contributed by atoms with Crippen LogP contribution >= 0.6 is 15.9 Å². The van der Waals surface area contributed by atoms with Gasteiger partial charge in [-0.25, -0.2) is 27.3 Å². The predicted octanol–water partition coefficient (Wildman–Crippen LogP) is 1.74. The minimum Gasteiger partial charge on any atom is -0.240 e. The maximum atomic E-state index is 12.6. The zero-order valence-electron chi connectivity index (χ0n) is 7.54. The second kappa shape index (κ2) is 4.11. The van der Waals surface area contributed by atoms with Crippen LogP contribution in [0.25, 0.3) is 0 Å². The van der Waals surface area contributed by atoms with Gasteiger partial charge in [0.25, 0.3) is 16.4 Å². The summed E-state index contributed by atoms with van der Waals surface area (Å²) in [4.78, 5) is 3.50. The molecule has 0 fully saturated rings. The smallest absolute Gasteiger partial charge is 0.240 e. The van der Waals surface area contributed by atoms with Crippen molar-refractivity contribution in [2.45, 2.75) is 18.4 Å². The van der Waals surface area contributed by atoms with Crippen LogP contribution in [-0.4, -0.2) is 13.4 Å². The van der Waals surface area contributed by atoms with E-state index in [-0.39, 0.29) is 10.2 Å². The number of pyridine rings is 1. The van der Waals surface area contributed by atoms with Gasteiger partial charge in [0.2, 0.25) is 0 Å². The summed E-state index contributed by atoms with van der Waals surface area (Å²) in [7, 11) is -4.24. The number of nitrogens with two attached hydrogens (primary N) is 1. The van der Waals surface area contributed by atoms with Crippen molar-refractivity contribution < 1.29 is 17.2 Å². The first-order valence-electron chi connectivity index (χ1n) is 3.71. The third-order valence-corrected chi connectivity index (χ3v) is 3.10. The number of nitrogens with zero attached hydrogens (tertiary/aromatic N) is 1. The number of alkyl halides is 2. The molecule has 0 saturated heterocycles. The van der Waals surface area contributed by atoms with Crippen LogP contribution < -0.4 is 5.14 Å². The Kier molecular flexibility index (Phi) is 3.41. The van der Waals surface area contributed by atoms with Gasteiger partial charge in [0.1, 0.15) is 0 Å². The molecule has 84 valence electrons. The monoisotopic (exact) mass is 300 g/mol. The van der Waals surface area contributed by atoms with Crippen molar-refractivity contribution >= 4 is 26.0 Å². The lowest BCUT2D eigenvalue weighted by Crippen LogP contribution is -2.17. The molecular formula is C7H7BrF2N2O2S. The van der Waals surface area contributed by atoms with Crippen LogP contribution in [0.2, 0.25) is 0 Å². The molecule has 0 aliphatic carbocycles. The van der Waals surface area contributed by atoms with Crippen molar-refractivity contribution in [2.24, 2.45) is 5.14 Å². The Bertz CT molecular complexity index is 490. The first-order chi connectivity index (χ1) is 6.73. The van der Waals surface area contributed by atoms with Gasteiger partial charge in [-0.1, -0.05) is 15.9 Å². The molecule has 0 saturated carbocycles. The topological polar surface area (TPSA) is 73.1 Å². The molecule has 2 N–H and O–H groups in total. The number of aryl methyl sites for hydroxylation is 1. The van der Waals surface area contributed by atoms with Crippen LogP contribution in [-0.2, 0) is 10.0 Å². The third-order valence-electron chi connectivity index (χ3n) is 1.59. The van der Waals surface area contributed by atoms with E-state index in [0.717, 1.165) is 0 Å². The standard InChI is InChI=1S/C7H7BrF2N2O2S/c1-3-2-4(8)5(6(9)10)7(12-3)15(11,13)14/h2,6H,1H3,(H2,11,13,14). The summed E-state index contributed by atoms with van der Waals surface area (Å²) in [6.07, 6.45) is -2.96. The van der Waals surface area contributed by atoms with Gasteiger partial charge in [0, 0.05) is 10.2 Å². The van der Waals surface area contributed by atoms with Gasteiger partial charge in [-0.15, -0.1) is 0 Å². The molecule has 0 atom stereocenters. The summed E-state index contributed by atoms with van der Waals surface area (Å²) >= 11 is 2.85. The number of sulfonamides is 1. The van der Waals surface area contributed by atoms with Crippen LogP contribution in [0.1, 0.15) is 17.7 Å². The highest BCUT2D eigenvalue weighted by Crippen LogP contribution is 2.31. The third kappa shape index (κ3) is 2.70. The maximum absolute atomic E-state index is 12.6. The first kappa shape index (κ1) is 12.5. The van der Waals surface area contributed by atoms with Gasteiger partial charge in [-0.2, -0.15) is 0 Å². The van der Waals surface area contributed by atoms with Crippen LogP contribution in [0, 0.1) is 6.92 Å². The van der Waals surface area contributed by atoms with Crippen LogP contribution in [0.3, 0.4) is 0 Å². The minimum absolute atomic E-state index is 0.0194. The van der Waals surface area contributed by atoms with E-state index in [2.05, 4.69) is 20.9 Å². The fraction of sp³-hybridized carbons (Fsp3) is 0.286. The van der Waals surface area contributed by atoms with Crippen molar-refractivity contribution in [1.82, 2.24) is 4.98 Å². The first-order valence-corrected chi connectivity index (χ1v) is 6.05. The number of hydrogen-bond acceptors (Lipinski definition) is 3. The maximum Gasteiger partial charge on any atom is 0.267 e. The van der Waals surface area contributed by atoms with E-state index in [4.69, 9.17) is 5.14 Å². The van der Waals surface area contributed by atoms with E-state index in [0.29, 0.717) is 0 Å². The van der Waals surface area contributed by atoms with Crippen molar-refractivity contribution in [2.75, 3.05) is 0 Å². The van der Waals surface area contributed by atoms with E-state index in [1.54, 1.807) is 0 Å². The van der Waals surface area contributed by atoms with Crippen LogP contribution in [0.5, 0.6) is 0 Å². The molecule has 0 aliphatic heterocycles. The van der Waals surface area contributed by atoms with Crippen molar-refractivity contribution in [3.05, 3.63) is 21.8 Å². The van der Waals surface area contributed by atoms with E-state index >= 15 is 0 Å². The van der Waals surface area contributed by atoms with E-state index in [1.807, 2.05) is 0 Å². The van der Waals surface area contributed by atoms with Crippen molar-refractivity contribution in [3.63, 3.8) is 0 Å². The molecule has 0 radical (unpaired) electrons. The molecule has 0 unspecified atom stereocenters. The lowest BCUT2D eigenvalue weighted by Gasteiger charge is -2.09. The summed E-state index contributed by atoms with van der Waals surface area (Å²) in [5, 5.41) is 4.00. The molecule has 15 heavy (non-hydrogen) atoms. The number of aromatic nitrogens is 1. The summed E-state index contributed by atoms with van der Waals surface area (Å²) < 4.78 is 47.1. The van der Waals surface area contributed by atoms with Gasteiger partial charge in [-0.05, 0) is 13.0 Å². The Morgan fingerprint density at radius 1 is 1.53 bits per heavy atom. The number of rotatable bonds is 2. The molecule has 0 aromatic carbocycles. The fourth-order valence-corrected chi connectivity index (χ4v) is 2.63. The summed E-state index contributed by atoms with van der Waals surface area (Å²) in [6.45, 7) is 1.48. The second-order valence-electron chi connectivity index (χ2n) is 2.81. The van der Waals surface area contributed by atoms with Gasteiger partial charge >= 0.3 is 0 Å². The molecule has 8 heteroatoms. The SMILES string of the molecule is Cc1cc(Br)c(C(F)F)c(S(N)(=O)=O)n1. The molecular weight excluding hydrogens is 294 g/mol. The van der Waals surface area contributed by atoms with Crippen molar-refractivity contribution in [1.29, 1.82) is 0 Å². The molecule has 1 heterocycles. The zero-order chi connectivity index (χ0) is 11.8. The average Bonchev–Trinajstić information content (AvgIpc) is 1.99. The van der Waals surface area contributed by atoms with Gasteiger partial charge in [0.05, 0.1) is 5.56 Å².